The van der Waals surface area contributed by atoms with Gasteiger partial charge in [-0.25, -0.2) is 13.2 Å². The topological polar surface area (TPSA) is 69.7 Å². The average Bonchev–Trinajstić information content (AvgIpc) is 3.03. The average molecular weight is 417 g/mol. The molecule has 4 rings (SSSR count). The molecule has 0 unspecified atom stereocenters. The fourth-order valence-corrected chi connectivity index (χ4v) is 4.09. The molecule has 6 nitrogen and oxygen atoms in total. The Hall–Kier alpha value is -3.36. The van der Waals surface area contributed by atoms with Gasteiger partial charge in [-0.1, -0.05) is 12.1 Å². The molecule has 30 heavy (non-hydrogen) atoms. The van der Waals surface area contributed by atoms with Crippen LogP contribution in [0.3, 0.4) is 0 Å². The van der Waals surface area contributed by atoms with Gasteiger partial charge in [-0.15, -0.1) is 0 Å². The zero-order valence-electron chi connectivity index (χ0n) is 16.0. The van der Waals surface area contributed by atoms with E-state index in [1.165, 1.54) is 4.90 Å². The Morgan fingerprint density at radius 3 is 2.60 bits per heavy atom. The first-order valence-electron chi connectivity index (χ1n) is 9.41. The Morgan fingerprint density at radius 1 is 1.10 bits per heavy atom. The fourth-order valence-electron chi connectivity index (χ4n) is 4.09. The van der Waals surface area contributed by atoms with Crippen LogP contribution in [-0.4, -0.2) is 34.8 Å². The number of nitrogens with one attached hydrogen (secondary N) is 1. The maximum atomic E-state index is 13.8. The molecule has 9 heteroatoms. The van der Waals surface area contributed by atoms with Gasteiger partial charge in [-0.3, -0.25) is 19.3 Å². The molecule has 2 aliphatic rings. The number of carbonyl (C=O) groups is 3. The summed E-state index contributed by atoms with van der Waals surface area (Å²) in [6.07, 6.45) is 0.455. The lowest BCUT2D eigenvalue weighted by molar-refractivity contribution is -0.117. The summed E-state index contributed by atoms with van der Waals surface area (Å²) in [5, 5.41) is 2.19. The van der Waals surface area contributed by atoms with Gasteiger partial charge < -0.3 is 10.2 Å². The number of halogens is 3. The molecule has 2 aromatic carbocycles. The standard InChI is InChI=1S/C21H18F3N3O3/c1-21-10-8-17(29)27(21)15-5-3-2-4-12(15)20(30)26(21)11-9-16(28)25-14-7-6-13(22)18(23)19(14)24/h2-7H,8-11H2,1H3,(H,25,28)/t21-/m0/s1. The van der Waals surface area contributed by atoms with Crippen LogP contribution in [-0.2, 0) is 9.59 Å². The first-order chi connectivity index (χ1) is 14.2. The first kappa shape index (κ1) is 19.9. The van der Waals surface area contributed by atoms with Crippen molar-refractivity contribution in [3.8, 4) is 0 Å². The van der Waals surface area contributed by atoms with E-state index in [9.17, 15) is 27.6 Å². The third-order valence-corrected chi connectivity index (χ3v) is 5.62. The molecule has 1 atom stereocenters. The number of hydrogen-bond donors (Lipinski definition) is 1. The van der Waals surface area contributed by atoms with Crippen LogP contribution in [0.5, 0.6) is 0 Å². The highest BCUT2D eigenvalue weighted by molar-refractivity contribution is 6.10. The second kappa shape index (κ2) is 7.16. The Balaban J connectivity index is 1.55. The van der Waals surface area contributed by atoms with E-state index in [0.29, 0.717) is 23.7 Å². The molecule has 1 fully saturated rings. The van der Waals surface area contributed by atoms with Crippen molar-refractivity contribution in [2.45, 2.75) is 31.8 Å². The smallest absolute Gasteiger partial charge is 0.257 e. The summed E-state index contributed by atoms with van der Waals surface area (Å²) in [5.41, 5.74) is -0.511. The molecule has 2 aromatic rings. The molecular weight excluding hydrogens is 399 g/mol. The molecule has 0 bridgehead atoms. The highest BCUT2D eigenvalue weighted by Crippen LogP contribution is 2.43. The highest BCUT2D eigenvalue weighted by atomic mass is 19.2. The Bertz CT molecular complexity index is 1070. The second-order valence-corrected chi connectivity index (χ2v) is 7.44. The van der Waals surface area contributed by atoms with Crippen molar-refractivity contribution in [3.63, 3.8) is 0 Å². The molecule has 0 radical (unpaired) electrons. The SMILES string of the molecule is C[C@@]12CCC(=O)N1c1ccccc1C(=O)N2CCC(=O)Nc1ccc(F)c(F)c1F. The fraction of sp³-hybridized carbons (Fsp3) is 0.286. The molecule has 0 aliphatic carbocycles. The molecule has 0 aromatic heterocycles. The molecule has 2 heterocycles. The van der Waals surface area contributed by atoms with Crippen LogP contribution in [0.1, 0.15) is 36.5 Å². The minimum atomic E-state index is -1.68. The van der Waals surface area contributed by atoms with E-state index in [4.69, 9.17) is 0 Å². The van der Waals surface area contributed by atoms with Gasteiger partial charge in [0.05, 0.1) is 16.9 Å². The van der Waals surface area contributed by atoms with E-state index in [1.807, 2.05) is 0 Å². The summed E-state index contributed by atoms with van der Waals surface area (Å²) in [6, 6.07) is 8.40. The Morgan fingerprint density at radius 2 is 1.83 bits per heavy atom. The lowest BCUT2D eigenvalue weighted by atomic mass is 9.98. The number of amides is 3. The number of carbonyl (C=O) groups excluding carboxylic acids is 3. The van der Waals surface area contributed by atoms with Gasteiger partial charge in [0.1, 0.15) is 5.66 Å². The van der Waals surface area contributed by atoms with E-state index >= 15 is 0 Å². The van der Waals surface area contributed by atoms with Crippen LogP contribution < -0.4 is 10.2 Å². The summed E-state index contributed by atoms with van der Waals surface area (Å²) in [6.45, 7) is 1.73. The maximum absolute atomic E-state index is 13.8. The van der Waals surface area contributed by atoms with Gasteiger partial charge in [0, 0.05) is 19.4 Å². The maximum Gasteiger partial charge on any atom is 0.257 e. The van der Waals surface area contributed by atoms with E-state index in [-0.39, 0.29) is 31.2 Å². The number of fused-ring (bicyclic) bond motifs is 3. The van der Waals surface area contributed by atoms with E-state index in [0.717, 1.165) is 6.07 Å². The first-order valence-corrected chi connectivity index (χ1v) is 9.41. The summed E-state index contributed by atoms with van der Waals surface area (Å²) < 4.78 is 40.2. The molecule has 3 amide bonds. The van der Waals surface area contributed by atoms with Gasteiger partial charge in [-0.2, -0.15) is 0 Å². The van der Waals surface area contributed by atoms with Crippen LogP contribution in [0.2, 0.25) is 0 Å². The van der Waals surface area contributed by atoms with E-state index in [1.54, 1.807) is 36.1 Å². The number of nitrogens with zero attached hydrogens (tertiary/aromatic N) is 2. The molecular formula is C21H18F3N3O3. The number of rotatable bonds is 4. The quantitative estimate of drug-likeness (QED) is 0.775. The van der Waals surface area contributed by atoms with Crippen molar-refractivity contribution in [1.29, 1.82) is 0 Å². The minimum absolute atomic E-state index is 0.0371. The van der Waals surface area contributed by atoms with Gasteiger partial charge in [0.2, 0.25) is 11.8 Å². The van der Waals surface area contributed by atoms with Crippen molar-refractivity contribution in [1.82, 2.24) is 4.90 Å². The van der Waals surface area contributed by atoms with Crippen molar-refractivity contribution in [2.24, 2.45) is 0 Å². The summed E-state index contributed by atoms with van der Waals surface area (Å²) in [5.74, 6) is -5.64. The molecule has 0 saturated carbocycles. The molecule has 2 aliphatic heterocycles. The Kier molecular flexibility index (Phi) is 4.76. The molecule has 0 spiro atoms. The lowest BCUT2D eigenvalue weighted by Gasteiger charge is -2.48. The van der Waals surface area contributed by atoms with E-state index in [2.05, 4.69) is 5.32 Å². The van der Waals surface area contributed by atoms with Crippen LogP contribution >= 0.6 is 0 Å². The summed E-state index contributed by atoms with van der Waals surface area (Å²) in [4.78, 5) is 40.9. The number of anilines is 2. The van der Waals surface area contributed by atoms with Gasteiger partial charge in [0.25, 0.3) is 5.91 Å². The Labute approximate surface area is 170 Å². The molecule has 1 N–H and O–H groups in total. The van der Waals surface area contributed by atoms with Gasteiger partial charge in [-0.05, 0) is 37.6 Å². The van der Waals surface area contributed by atoms with Crippen LogP contribution in [0.25, 0.3) is 0 Å². The van der Waals surface area contributed by atoms with Crippen LogP contribution in [0.15, 0.2) is 36.4 Å². The van der Waals surface area contributed by atoms with Gasteiger partial charge >= 0.3 is 0 Å². The molecule has 156 valence electrons. The zero-order chi connectivity index (χ0) is 21.6. The minimum Gasteiger partial charge on any atom is -0.323 e. The van der Waals surface area contributed by atoms with Crippen LogP contribution in [0.4, 0.5) is 24.5 Å². The number of benzene rings is 2. The molecule has 1 saturated heterocycles. The van der Waals surface area contributed by atoms with Crippen molar-refractivity contribution in [3.05, 3.63) is 59.4 Å². The highest BCUT2D eigenvalue weighted by Gasteiger charge is 2.52. The monoisotopic (exact) mass is 417 g/mol. The van der Waals surface area contributed by atoms with Gasteiger partial charge in [0.15, 0.2) is 17.5 Å². The predicted molar refractivity (Wildman–Crippen MR) is 102 cm³/mol. The van der Waals surface area contributed by atoms with Crippen molar-refractivity contribution >= 4 is 29.1 Å². The van der Waals surface area contributed by atoms with Crippen molar-refractivity contribution in [2.75, 3.05) is 16.8 Å². The largest absolute Gasteiger partial charge is 0.323 e. The third kappa shape index (κ3) is 3.01. The number of para-hydroxylation sites is 1. The van der Waals surface area contributed by atoms with E-state index < -0.39 is 34.7 Å². The number of hydrogen-bond acceptors (Lipinski definition) is 3. The predicted octanol–water partition coefficient (Wildman–Crippen LogP) is 3.43. The zero-order valence-corrected chi connectivity index (χ0v) is 16.0. The van der Waals surface area contributed by atoms with Crippen molar-refractivity contribution < 1.29 is 27.6 Å². The normalized spacial score (nSPS) is 20.3. The second-order valence-electron chi connectivity index (χ2n) is 7.44. The van der Waals surface area contributed by atoms with Crippen LogP contribution in [0, 0.1) is 17.5 Å². The summed E-state index contributed by atoms with van der Waals surface area (Å²) >= 11 is 0. The third-order valence-electron chi connectivity index (χ3n) is 5.62. The lowest BCUT2D eigenvalue weighted by Crippen LogP contribution is -2.62. The summed E-state index contributed by atoms with van der Waals surface area (Å²) in [7, 11) is 0.